The van der Waals surface area contributed by atoms with E-state index in [1.54, 1.807) is 11.3 Å². The van der Waals surface area contributed by atoms with Crippen LogP contribution < -0.4 is 5.32 Å². The number of rotatable bonds is 6. The highest BCUT2D eigenvalue weighted by Crippen LogP contribution is 2.13. The van der Waals surface area contributed by atoms with Crippen LogP contribution in [0, 0.1) is 0 Å². The summed E-state index contributed by atoms with van der Waals surface area (Å²) in [4.78, 5) is 5.76. The number of aromatic nitrogens is 1. The lowest BCUT2D eigenvalue weighted by Crippen LogP contribution is -2.12. The van der Waals surface area contributed by atoms with Gasteiger partial charge in [0.15, 0.2) is 0 Å². The summed E-state index contributed by atoms with van der Waals surface area (Å²) in [5.41, 5.74) is 2.73. The predicted octanol–water partition coefficient (Wildman–Crippen LogP) is 3.56. The molecule has 0 bridgehead atoms. The molecule has 0 unspecified atom stereocenters. The van der Waals surface area contributed by atoms with Gasteiger partial charge in [-0.1, -0.05) is 38.1 Å². The van der Waals surface area contributed by atoms with Crippen LogP contribution in [0.5, 0.6) is 0 Å². The number of hydrogen-bond donors (Lipinski definition) is 1. The Bertz CT molecular complexity index is 473. The molecule has 0 spiro atoms. The molecular formula is C15H20N2S. The maximum atomic E-state index is 4.40. The minimum Gasteiger partial charge on any atom is -0.306 e. The Labute approximate surface area is 113 Å². The minimum atomic E-state index is 0.861. The first kappa shape index (κ1) is 13.2. The van der Waals surface area contributed by atoms with Gasteiger partial charge in [0, 0.05) is 24.2 Å². The van der Waals surface area contributed by atoms with Gasteiger partial charge in [-0.3, -0.25) is 0 Å². The van der Waals surface area contributed by atoms with Gasteiger partial charge in [-0.15, -0.1) is 11.3 Å². The van der Waals surface area contributed by atoms with E-state index in [0.717, 1.165) is 25.9 Å². The molecule has 0 aliphatic rings. The van der Waals surface area contributed by atoms with Crippen LogP contribution in [0.15, 0.2) is 30.5 Å². The Morgan fingerprint density at radius 2 is 1.72 bits per heavy atom. The number of thiazole rings is 1. The molecule has 0 atom stereocenters. The summed E-state index contributed by atoms with van der Waals surface area (Å²) >= 11 is 1.80. The molecule has 0 fully saturated rings. The van der Waals surface area contributed by atoms with Gasteiger partial charge in [0.05, 0.1) is 0 Å². The van der Waals surface area contributed by atoms with E-state index in [9.17, 15) is 0 Å². The SMILES string of the molecule is CCc1ccc(CNCc2ncc(CC)s2)cc1. The summed E-state index contributed by atoms with van der Waals surface area (Å²) in [6.07, 6.45) is 4.17. The zero-order valence-corrected chi connectivity index (χ0v) is 11.9. The molecule has 2 nitrogen and oxygen atoms in total. The molecule has 96 valence electrons. The molecule has 0 aliphatic carbocycles. The topological polar surface area (TPSA) is 24.9 Å². The zero-order valence-electron chi connectivity index (χ0n) is 11.1. The van der Waals surface area contributed by atoms with Gasteiger partial charge in [0.25, 0.3) is 0 Å². The van der Waals surface area contributed by atoms with Gasteiger partial charge < -0.3 is 5.32 Å². The second-order valence-corrected chi connectivity index (χ2v) is 5.55. The van der Waals surface area contributed by atoms with Crippen molar-refractivity contribution in [1.82, 2.24) is 10.3 Å². The molecule has 1 aromatic carbocycles. The average Bonchev–Trinajstić information content (AvgIpc) is 2.87. The summed E-state index contributed by atoms with van der Waals surface area (Å²) in [7, 11) is 0. The molecule has 1 aromatic heterocycles. The summed E-state index contributed by atoms with van der Waals surface area (Å²) in [5.74, 6) is 0. The molecule has 0 saturated heterocycles. The van der Waals surface area contributed by atoms with Crippen molar-refractivity contribution in [2.24, 2.45) is 0 Å². The van der Waals surface area contributed by atoms with Crippen LogP contribution in [-0.4, -0.2) is 4.98 Å². The first-order valence-corrected chi connectivity index (χ1v) is 7.35. The van der Waals surface area contributed by atoms with E-state index in [0.29, 0.717) is 0 Å². The first-order valence-electron chi connectivity index (χ1n) is 6.54. The van der Waals surface area contributed by atoms with E-state index in [1.807, 2.05) is 6.20 Å². The maximum Gasteiger partial charge on any atom is 0.107 e. The Morgan fingerprint density at radius 1 is 1.00 bits per heavy atom. The van der Waals surface area contributed by atoms with Gasteiger partial charge in [-0.05, 0) is 24.0 Å². The number of nitrogens with zero attached hydrogens (tertiary/aromatic N) is 1. The Kier molecular flexibility index (Phi) is 4.90. The largest absolute Gasteiger partial charge is 0.306 e. The van der Waals surface area contributed by atoms with Crippen LogP contribution in [0.3, 0.4) is 0 Å². The van der Waals surface area contributed by atoms with Crippen molar-refractivity contribution in [3.8, 4) is 0 Å². The molecule has 3 heteroatoms. The van der Waals surface area contributed by atoms with E-state index in [4.69, 9.17) is 0 Å². The highest BCUT2D eigenvalue weighted by atomic mass is 32.1. The van der Waals surface area contributed by atoms with Crippen molar-refractivity contribution in [3.05, 3.63) is 51.5 Å². The molecule has 2 aromatic rings. The van der Waals surface area contributed by atoms with E-state index >= 15 is 0 Å². The number of benzene rings is 1. The lowest BCUT2D eigenvalue weighted by molar-refractivity contribution is 0.690. The Balaban J connectivity index is 1.80. The third-order valence-electron chi connectivity index (χ3n) is 2.99. The van der Waals surface area contributed by atoms with E-state index in [-0.39, 0.29) is 0 Å². The van der Waals surface area contributed by atoms with Crippen LogP contribution in [-0.2, 0) is 25.9 Å². The van der Waals surface area contributed by atoms with Crippen LogP contribution in [0.4, 0.5) is 0 Å². The third-order valence-corrected chi connectivity index (χ3v) is 4.13. The normalized spacial score (nSPS) is 10.8. The van der Waals surface area contributed by atoms with Crippen LogP contribution in [0.25, 0.3) is 0 Å². The van der Waals surface area contributed by atoms with Gasteiger partial charge in [-0.25, -0.2) is 4.98 Å². The van der Waals surface area contributed by atoms with Crippen molar-refractivity contribution in [2.75, 3.05) is 0 Å². The summed E-state index contributed by atoms with van der Waals surface area (Å²) in [5, 5.41) is 4.62. The molecule has 0 aliphatic heterocycles. The van der Waals surface area contributed by atoms with Crippen molar-refractivity contribution < 1.29 is 0 Å². The highest BCUT2D eigenvalue weighted by molar-refractivity contribution is 7.11. The summed E-state index contributed by atoms with van der Waals surface area (Å²) < 4.78 is 0. The first-order chi connectivity index (χ1) is 8.81. The molecule has 18 heavy (non-hydrogen) atoms. The van der Waals surface area contributed by atoms with Crippen LogP contribution >= 0.6 is 11.3 Å². The molecule has 0 amide bonds. The van der Waals surface area contributed by atoms with E-state index in [2.05, 4.69) is 48.4 Å². The minimum absolute atomic E-state index is 0.861. The van der Waals surface area contributed by atoms with Gasteiger partial charge in [-0.2, -0.15) is 0 Å². The standard InChI is InChI=1S/C15H20N2S/c1-3-12-5-7-13(8-6-12)9-16-11-15-17-10-14(4-2)18-15/h5-8,10,16H,3-4,9,11H2,1-2H3. The Morgan fingerprint density at radius 3 is 2.33 bits per heavy atom. The second kappa shape index (κ2) is 6.66. The van der Waals surface area contributed by atoms with Gasteiger partial charge in [0.1, 0.15) is 5.01 Å². The van der Waals surface area contributed by atoms with Gasteiger partial charge in [0.2, 0.25) is 0 Å². The fourth-order valence-electron chi connectivity index (χ4n) is 1.80. The molecular weight excluding hydrogens is 240 g/mol. The average molecular weight is 260 g/mol. The summed E-state index contributed by atoms with van der Waals surface area (Å²) in [6.45, 7) is 6.12. The fraction of sp³-hybridized carbons (Fsp3) is 0.400. The van der Waals surface area contributed by atoms with Crippen LogP contribution in [0.2, 0.25) is 0 Å². The number of hydrogen-bond acceptors (Lipinski definition) is 3. The van der Waals surface area contributed by atoms with Crippen molar-refractivity contribution in [3.63, 3.8) is 0 Å². The molecule has 2 rings (SSSR count). The molecule has 0 saturated carbocycles. The van der Waals surface area contributed by atoms with Crippen LogP contribution in [0.1, 0.15) is 34.9 Å². The lowest BCUT2D eigenvalue weighted by atomic mass is 10.1. The maximum absolute atomic E-state index is 4.40. The molecule has 1 N–H and O–H groups in total. The van der Waals surface area contributed by atoms with E-state index < -0.39 is 0 Å². The predicted molar refractivity (Wildman–Crippen MR) is 77.9 cm³/mol. The monoisotopic (exact) mass is 260 g/mol. The third kappa shape index (κ3) is 3.65. The smallest absolute Gasteiger partial charge is 0.107 e. The highest BCUT2D eigenvalue weighted by Gasteiger charge is 2.00. The quantitative estimate of drug-likeness (QED) is 0.859. The molecule has 1 heterocycles. The molecule has 0 radical (unpaired) electrons. The van der Waals surface area contributed by atoms with Crippen molar-refractivity contribution in [1.29, 1.82) is 0 Å². The van der Waals surface area contributed by atoms with E-state index in [1.165, 1.54) is 21.0 Å². The number of nitrogens with one attached hydrogen (secondary N) is 1. The van der Waals surface area contributed by atoms with Gasteiger partial charge >= 0.3 is 0 Å². The second-order valence-electron chi connectivity index (χ2n) is 4.35. The van der Waals surface area contributed by atoms with Crippen molar-refractivity contribution in [2.45, 2.75) is 39.8 Å². The number of aryl methyl sites for hydroxylation is 2. The summed E-state index contributed by atoms with van der Waals surface area (Å²) in [6, 6.07) is 8.81. The Hall–Kier alpha value is -1.19. The zero-order chi connectivity index (χ0) is 12.8. The fourth-order valence-corrected chi connectivity index (χ4v) is 2.63. The lowest BCUT2D eigenvalue weighted by Gasteiger charge is -2.04. The van der Waals surface area contributed by atoms with Crippen molar-refractivity contribution >= 4 is 11.3 Å².